The van der Waals surface area contributed by atoms with Crippen molar-refractivity contribution in [3.63, 3.8) is 0 Å². The first-order chi connectivity index (χ1) is 10.5. The molecule has 0 heterocycles. The minimum absolute atomic E-state index is 0.569. The molecule has 0 aliphatic heterocycles. The van der Waals surface area contributed by atoms with Gasteiger partial charge in [-0.1, -0.05) is 41.9 Å². The van der Waals surface area contributed by atoms with Crippen LogP contribution >= 0.6 is 44.1 Å². The van der Waals surface area contributed by atoms with Gasteiger partial charge >= 0.3 is 0 Å². The van der Waals surface area contributed by atoms with E-state index in [0.29, 0.717) is 11.0 Å². The summed E-state index contributed by atoms with van der Waals surface area (Å²) in [5, 5.41) is 6.96. The zero-order valence-electron chi connectivity index (χ0n) is 12.5. The van der Waals surface area contributed by atoms with Gasteiger partial charge in [-0.3, -0.25) is 0 Å². The van der Waals surface area contributed by atoms with Crippen molar-refractivity contribution in [2.45, 2.75) is 26.2 Å². The standard InChI is InChI=1S/C17H18Br2N2S/c1-3-11(2)12-4-7-14(8-5-12)20-17(22)21-16-9-6-13(18)10-15(16)19/h4-11H,3H2,1-2H3,(H2,20,21,22). The topological polar surface area (TPSA) is 24.1 Å². The van der Waals surface area contributed by atoms with Crippen LogP contribution in [0.5, 0.6) is 0 Å². The van der Waals surface area contributed by atoms with Crippen molar-refractivity contribution in [2.75, 3.05) is 10.6 Å². The highest BCUT2D eigenvalue weighted by molar-refractivity contribution is 9.11. The van der Waals surface area contributed by atoms with Gasteiger partial charge in [-0.05, 0) is 76.4 Å². The minimum Gasteiger partial charge on any atom is -0.332 e. The van der Waals surface area contributed by atoms with E-state index in [9.17, 15) is 0 Å². The van der Waals surface area contributed by atoms with Crippen molar-refractivity contribution in [3.8, 4) is 0 Å². The van der Waals surface area contributed by atoms with Gasteiger partial charge in [0.25, 0.3) is 0 Å². The second-order valence-corrected chi connectivity index (χ2v) is 7.31. The monoisotopic (exact) mass is 440 g/mol. The zero-order valence-corrected chi connectivity index (χ0v) is 16.5. The molecule has 2 nitrogen and oxygen atoms in total. The quantitative estimate of drug-likeness (QED) is 0.527. The summed E-state index contributed by atoms with van der Waals surface area (Å²) in [5.41, 5.74) is 3.26. The van der Waals surface area contributed by atoms with Crippen molar-refractivity contribution in [1.29, 1.82) is 0 Å². The highest BCUT2D eigenvalue weighted by Gasteiger charge is 2.05. The first-order valence-corrected chi connectivity index (χ1v) is 9.12. The number of benzene rings is 2. The van der Waals surface area contributed by atoms with Gasteiger partial charge < -0.3 is 10.6 Å². The molecular formula is C17H18Br2N2S. The number of hydrogen-bond donors (Lipinski definition) is 2. The van der Waals surface area contributed by atoms with Crippen molar-refractivity contribution < 1.29 is 0 Å². The van der Waals surface area contributed by atoms with Crippen LogP contribution < -0.4 is 10.6 Å². The van der Waals surface area contributed by atoms with Gasteiger partial charge in [-0.15, -0.1) is 0 Å². The fourth-order valence-electron chi connectivity index (χ4n) is 2.01. The van der Waals surface area contributed by atoms with Crippen LogP contribution in [0.1, 0.15) is 31.7 Å². The lowest BCUT2D eigenvalue weighted by molar-refractivity contribution is 0.734. The average molecular weight is 442 g/mol. The van der Waals surface area contributed by atoms with Crippen LogP contribution in [0, 0.1) is 0 Å². The SMILES string of the molecule is CCC(C)c1ccc(NC(=S)Nc2ccc(Br)cc2Br)cc1. The Labute approximate surface area is 154 Å². The summed E-state index contributed by atoms with van der Waals surface area (Å²) in [6, 6.07) is 14.3. The molecule has 0 aliphatic carbocycles. The predicted octanol–water partition coefficient (Wildman–Crippen LogP) is 6.53. The van der Waals surface area contributed by atoms with Gasteiger partial charge in [0.2, 0.25) is 0 Å². The van der Waals surface area contributed by atoms with Crippen LogP contribution in [0.15, 0.2) is 51.4 Å². The molecule has 116 valence electrons. The number of halogens is 2. The molecule has 2 aromatic carbocycles. The maximum Gasteiger partial charge on any atom is 0.175 e. The Morgan fingerprint density at radius 3 is 2.36 bits per heavy atom. The van der Waals surface area contributed by atoms with E-state index in [2.05, 4.69) is 80.6 Å². The van der Waals surface area contributed by atoms with E-state index in [-0.39, 0.29) is 0 Å². The Morgan fingerprint density at radius 1 is 1.09 bits per heavy atom. The average Bonchev–Trinajstić information content (AvgIpc) is 2.50. The zero-order chi connectivity index (χ0) is 16.1. The van der Waals surface area contributed by atoms with E-state index in [1.807, 2.05) is 18.2 Å². The van der Waals surface area contributed by atoms with Crippen LogP contribution in [-0.2, 0) is 0 Å². The Kier molecular flexibility index (Phi) is 6.41. The summed E-state index contributed by atoms with van der Waals surface area (Å²) in [4.78, 5) is 0. The van der Waals surface area contributed by atoms with Gasteiger partial charge in [0, 0.05) is 14.6 Å². The highest BCUT2D eigenvalue weighted by atomic mass is 79.9. The summed E-state index contributed by atoms with van der Waals surface area (Å²) in [6.07, 6.45) is 1.14. The first kappa shape index (κ1) is 17.4. The number of thiocarbonyl (C=S) groups is 1. The number of rotatable bonds is 4. The maximum absolute atomic E-state index is 5.36. The van der Waals surface area contributed by atoms with Crippen LogP contribution in [0.3, 0.4) is 0 Å². The lowest BCUT2D eigenvalue weighted by atomic mass is 9.99. The van der Waals surface area contributed by atoms with Crippen molar-refractivity contribution in [2.24, 2.45) is 0 Å². The third-order valence-corrected chi connectivity index (χ3v) is 4.88. The molecule has 0 fully saturated rings. The van der Waals surface area contributed by atoms with E-state index in [4.69, 9.17) is 12.2 Å². The summed E-state index contributed by atoms with van der Waals surface area (Å²) in [6.45, 7) is 4.44. The molecule has 0 aromatic heterocycles. The molecule has 1 atom stereocenters. The van der Waals surface area contributed by atoms with E-state index in [0.717, 1.165) is 26.7 Å². The molecule has 1 unspecified atom stereocenters. The fraction of sp³-hybridized carbons (Fsp3) is 0.235. The Bertz CT molecular complexity index is 656. The Morgan fingerprint density at radius 2 is 1.77 bits per heavy atom. The van der Waals surface area contributed by atoms with Crippen molar-refractivity contribution in [1.82, 2.24) is 0 Å². The Hall–Kier alpha value is -0.910. The molecule has 5 heteroatoms. The number of anilines is 2. The molecule has 2 N–H and O–H groups in total. The second kappa shape index (κ2) is 8.09. The lowest BCUT2D eigenvalue weighted by Gasteiger charge is -2.13. The van der Waals surface area contributed by atoms with E-state index < -0.39 is 0 Å². The van der Waals surface area contributed by atoms with E-state index in [1.165, 1.54) is 5.56 Å². The fourth-order valence-corrected chi connectivity index (χ4v) is 3.38. The van der Waals surface area contributed by atoms with Crippen LogP contribution in [-0.4, -0.2) is 5.11 Å². The van der Waals surface area contributed by atoms with Gasteiger partial charge in [0.1, 0.15) is 0 Å². The van der Waals surface area contributed by atoms with Gasteiger partial charge in [-0.25, -0.2) is 0 Å². The van der Waals surface area contributed by atoms with Crippen molar-refractivity contribution >= 4 is 60.6 Å². The van der Waals surface area contributed by atoms with Crippen LogP contribution in [0.2, 0.25) is 0 Å². The number of nitrogens with one attached hydrogen (secondary N) is 2. The maximum atomic E-state index is 5.36. The molecule has 2 rings (SSSR count). The second-order valence-electron chi connectivity index (χ2n) is 5.13. The molecule has 0 amide bonds. The van der Waals surface area contributed by atoms with E-state index >= 15 is 0 Å². The molecule has 0 radical (unpaired) electrons. The lowest BCUT2D eigenvalue weighted by Crippen LogP contribution is -2.19. The largest absolute Gasteiger partial charge is 0.332 e. The molecule has 0 saturated heterocycles. The first-order valence-electron chi connectivity index (χ1n) is 7.12. The molecule has 0 spiro atoms. The molecule has 22 heavy (non-hydrogen) atoms. The molecule has 0 saturated carbocycles. The van der Waals surface area contributed by atoms with Gasteiger partial charge in [-0.2, -0.15) is 0 Å². The molecule has 0 aliphatic rings. The van der Waals surface area contributed by atoms with Crippen LogP contribution in [0.25, 0.3) is 0 Å². The van der Waals surface area contributed by atoms with Crippen molar-refractivity contribution in [3.05, 3.63) is 57.0 Å². The van der Waals surface area contributed by atoms with Gasteiger partial charge in [0.05, 0.1) is 5.69 Å². The highest BCUT2D eigenvalue weighted by Crippen LogP contribution is 2.26. The molecular weight excluding hydrogens is 424 g/mol. The minimum atomic E-state index is 0.569. The van der Waals surface area contributed by atoms with E-state index in [1.54, 1.807) is 0 Å². The summed E-state index contributed by atoms with van der Waals surface area (Å²) in [5.74, 6) is 0.581. The normalized spacial score (nSPS) is 11.8. The smallest absolute Gasteiger partial charge is 0.175 e. The summed E-state index contributed by atoms with van der Waals surface area (Å²) in [7, 11) is 0. The third kappa shape index (κ3) is 4.80. The van der Waals surface area contributed by atoms with Gasteiger partial charge in [0.15, 0.2) is 5.11 Å². The summed E-state index contributed by atoms with van der Waals surface area (Å²) >= 11 is 12.3. The number of hydrogen-bond acceptors (Lipinski definition) is 1. The predicted molar refractivity (Wildman–Crippen MR) is 107 cm³/mol. The van der Waals surface area contributed by atoms with Crippen LogP contribution in [0.4, 0.5) is 11.4 Å². The summed E-state index contributed by atoms with van der Waals surface area (Å²) < 4.78 is 1.97. The Balaban J connectivity index is 1.99. The third-order valence-electron chi connectivity index (χ3n) is 3.53. The molecule has 0 bridgehead atoms. The molecule has 2 aromatic rings.